The molecule has 5 heteroatoms. The number of nitrogens with zero attached hydrogens (tertiary/aromatic N) is 1. The predicted octanol–water partition coefficient (Wildman–Crippen LogP) is 2.77. The number of aryl methyl sites for hydroxylation is 1. The molecule has 0 aliphatic carbocycles. The van der Waals surface area contributed by atoms with Crippen LogP contribution in [0.1, 0.15) is 44.5 Å². The van der Waals surface area contributed by atoms with Crippen LogP contribution in [0.2, 0.25) is 0 Å². The van der Waals surface area contributed by atoms with Gasteiger partial charge < -0.3 is 15.6 Å². The van der Waals surface area contributed by atoms with E-state index < -0.39 is 0 Å². The van der Waals surface area contributed by atoms with Gasteiger partial charge in [0.25, 0.3) is 5.91 Å². The first-order valence-corrected chi connectivity index (χ1v) is 8.03. The minimum Gasteiger partial charge on any atom is -0.398 e. The van der Waals surface area contributed by atoms with Crippen LogP contribution in [0, 0.1) is 5.92 Å². The number of hydrogen-bond acceptors (Lipinski definition) is 3. The summed E-state index contributed by atoms with van der Waals surface area (Å²) in [4.78, 5) is 25.1. The normalized spacial score (nSPS) is 11.4. The van der Waals surface area contributed by atoms with Crippen molar-refractivity contribution in [2.45, 2.75) is 46.7 Å². The minimum absolute atomic E-state index is 0.0326. The molecule has 0 aliphatic heterocycles. The average Bonchev–Trinajstić information content (AvgIpc) is 2.45. The van der Waals surface area contributed by atoms with Gasteiger partial charge in [0.1, 0.15) is 5.56 Å². The zero-order valence-corrected chi connectivity index (χ0v) is 14.2. The molecule has 1 aromatic carbocycles. The number of amides is 1. The molecule has 0 saturated heterocycles. The van der Waals surface area contributed by atoms with Crippen molar-refractivity contribution in [2.75, 3.05) is 5.73 Å². The van der Waals surface area contributed by atoms with Crippen LogP contribution >= 0.6 is 0 Å². The lowest BCUT2D eigenvalue weighted by atomic mass is 10.1. The number of aromatic nitrogens is 1. The lowest BCUT2D eigenvalue weighted by Gasteiger charge is -2.16. The van der Waals surface area contributed by atoms with Gasteiger partial charge in [-0.25, -0.2) is 0 Å². The molecule has 0 unspecified atom stereocenters. The summed E-state index contributed by atoms with van der Waals surface area (Å²) in [5.41, 5.74) is 7.03. The van der Waals surface area contributed by atoms with E-state index in [-0.39, 0.29) is 22.9 Å². The number of hydrogen-bond donors (Lipinski definition) is 2. The SMILES string of the molecule is CC(C)CCn1cc(C(=O)NC(C)C)c(=O)c2c(N)cccc21. The lowest BCUT2D eigenvalue weighted by molar-refractivity contribution is 0.0941. The third-order valence-electron chi connectivity index (χ3n) is 3.75. The fourth-order valence-corrected chi connectivity index (χ4v) is 2.55. The molecule has 0 bridgehead atoms. The Morgan fingerprint density at radius 2 is 1.96 bits per heavy atom. The zero-order chi connectivity index (χ0) is 17.1. The molecule has 0 saturated carbocycles. The first-order valence-electron chi connectivity index (χ1n) is 8.03. The molecule has 0 radical (unpaired) electrons. The molecule has 3 N–H and O–H groups in total. The van der Waals surface area contributed by atoms with E-state index in [0.717, 1.165) is 18.5 Å². The third kappa shape index (κ3) is 3.73. The van der Waals surface area contributed by atoms with E-state index in [1.807, 2.05) is 30.5 Å². The van der Waals surface area contributed by atoms with Crippen molar-refractivity contribution in [1.82, 2.24) is 9.88 Å². The topological polar surface area (TPSA) is 77.1 Å². The fourth-order valence-electron chi connectivity index (χ4n) is 2.55. The Morgan fingerprint density at radius 1 is 1.26 bits per heavy atom. The van der Waals surface area contributed by atoms with Gasteiger partial charge in [0.15, 0.2) is 0 Å². The van der Waals surface area contributed by atoms with Crippen molar-refractivity contribution in [3.8, 4) is 0 Å². The van der Waals surface area contributed by atoms with Crippen LogP contribution in [0.5, 0.6) is 0 Å². The second-order valence-electron chi connectivity index (χ2n) is 6.62. The van der Waals surface area contributed by atoms with E-state index in [0.29, 0.717) is 17.0 Å². The monoisotopic (exact) mass is 315 g/mol. The van der Waals surface area contributed by atoms with E-state index >= 15 is 0 Å². The number of benzene rings is 1. The average molecular weight is 315 g/mol. The Labute approximate surface area is 136 Å². The van der Waals surface area contributed by atoms with Crippen LogP contribution < -0.4 is 16.5 Å². The molecular formula is C18H25N3O2. The van der Waals surface area contributed by atoms with Gasteiger partial charge in [-0.2, -0.15) is 0 Å². The number of carbonyl (C=O) groups is 1. The number of rotatable bonds is 5. The van der Waals surface area contributed by atoms with Crippen LogP contribution in [-0.2, 0) is 6.54 Å². The van der Waals surface area contributed by atoms with Crippen molar-refractivity contribution < 1.29 is 4.79 Å². The summed E-state index contributed by atoms with van der Waals surface area (Å²) in [6.07, 6.45) is 2.61. The third-order valence-corrected chi connectivity index (χ3v) is 3.75. The maximum Gasteiger partial charge on any atom is 0.256 e. The zero-order valence-electron chi connectivity index (χ0n) is 14.2. The molecule has 124 valence electrons. The number of anilines is 1. The highest BCUT2D eigenvalue weighted by atomic mass is 16.2. The number of nitrogens with one attached hydrogen (secondary N) is 1. The van der Waals surface area contributed by atoms with Crippen molar-refractivity contribution in [3.05, 3.63) is 40.2 Å². The minimum atomic E-state index is -0.353. The standard InChI is InChI=1S/C18H25N3O2/c1-11(2)8-9-21-10-13(18(23)20-12(3)4)17(22)16-14(19)6-5-7-15(16)21/h5-7,10-12H,8-9,19H2,1-4H3,(H,20,23). The molecule has 1 aromatic heterocycles. The maximum absolute atomic E-state index is 12.7. The number of nitrogens with two attached hydrogens (primary N) is 1. The van der Waals surface area contributed by atoms with Crippen LogP contribution in [0.15, 0.2) is 29.2 Å². The summed E-state index contributed by atoms with van der Waals surface area (Å²) >= 11 is 0. The van der Waals surface area contributed by atoms with Gasteiger partial charge in [-0.1, -0.05) is 19.9 Å². The van der Waals surface area contributed by atoms with Crippen molar-refractivity contribution in [1.29, 1.82) is 0 Å². The number of fused-ring (bicyclic) bond motifs is 1. The van der Waals surface area contributed by atoms with Gasteiger partial charge in [-0.3, -0.25) is 9.59 Å². The highest BCUT2D eigenvalue weighted by Gasteiger charge is 2.17. The maximum atomic E-state index is 12.7. The Balaban J connectivity index is 2.64. The van der Waals surface area contributed by atoms with Crippen LogP contribution in [0.4, 0.5) is 5.69 Å². The van der Waals surface area contributed by atoms with Gasteiger partial charge in [-0.05, 0) is 38.3 Å². The van der Waals surface area contributed by atoms with Gasteiger partial charge in [-0.15, -0.1) is 0 Å². The smallest absolute Gasteiger partial charge is 0.256 e. The van der Waals surface area contributed by atoms with Crippen LogP contribution in [-0.4, -0.2) is 16.5 Å². The van der Waals surface area contributed by atoms with Crippen molar-refractivity contribution in [2.24, 2.45) is 5.92 Å². The van der Waals surface area contributed by atoms with Crippen LogP contribution in [0.3, 0.4) is 0 Å². The van der Waals surface area contributed by atoms with Gasteiger partial charge in [0.2, 0.25) is 5.43 Å². The number of carbonyl (C=O) groups excluding carboxylic acids is 1. The summed E-state index contributed by atoms with van der Waals surface area (Å²) in [5.74, 6) is 0.173. The summed E-state index contributed by atoms with van der Waals surface area (Å²) < 4.78 is 1.96. The lowest BCUT2D eigenvalue weighted by Crippen LogP contribution is -2.34. The Morgan fingerprint density at radius 3 is 2.57 bits per heavy atom. The first kappa shape index (κ1) is 17.1. The number of nitrogen functional groups attached to an aromatic ring is 1. The Hall–Kier alpha value is -2.30. The van der Waals surface area contributed by atoms with Crippen molar-refractivity contribution in [3.63, 3.8) is 0 Å². The molecular weight excluding hydrogens is 290 g/mol. The largest absolute Gasteiger partial charge is 0.398 e. The van der Waals surface area contributed by atoms with Gasteiger partial charge in [0, 0.05) is 24.5 Å². The van der Waals surface area contributed by atoms with E-state index in [1.165, 1.54) is 0 Å². The Kier molecular flexibility index (Phi) is 5.08. The Bertz CT molecular complexity index is 776. The molecule has 0 atom stereocenters. The highest BCUT2D eigenvalue weighted by molar-refractivity contribution is 6.00. The second-order valence-corrected chi connectivity index (χ2v) is 6.62. The summed E-state index contributed by atoms with van der Waals surface area (Å²) in [6, 6.07) is 5.37. The molecule has 0 spiro atoms. The van der Waals surface area contributed by atoms with E-state index in [2.05, 4.69) is 19.2 Å². The number of pyridine rings is 1. The molecule has 0 fully saturated rings. The molecule has 2 aromatic rings. The predicted molar refractivity (Wildman–Crippen MR) is 94.7 cm³/mol. The quantitative estimate of drug-likeness (QED) is 0.833. The molecule has 23 heavy (non-hydrogen) atoms. The van der Waals surface area contributed by atoms with E-state index in [9.17, 15) is 9.59 Å². The molecule has 1 heterocycles. The van der Waals surface area contributed by atoms with Crippen molar-refractivity contribution >= 4 is 22.5 Å². The molecule has 0 aliphatic rings. The summed E-state index contributed by atoms with van der Waals surface area (Å²) in [7, 11) is 0. The second kappa shape index (κ2) is 6.86. The highest BCUT2D eigenvalue weighted by Crippen LogP contribution is 2.19. The van der Waals surface area contributed by atoms with Gasteiger partial charge >= 0.3 is 0 Å². The fraction of sp³-hybridized carbons (Fsp3) is 0.444. The van der Waals surface area contributed by atoms with Crippen LogP contribution in [0.25, 0.3) is 10.9 Å². The molecule has 1 amide bonds. The van der Waals surface area contributed by atoms with E-state index in [4.69, 9.17) is 5.73 Å². The summed E-state index contributed by atoms with van der Waals surface area (Å²) in [5, 5.41) is 3.21. The first-order chi connectivity index (χ1) is 10.8. The van der Waals surface area contributed by atoms with E-state index in [1.54, 1.807) is 12.3 Å². The van der Waals surface area contributed by atoms with Gasteiger partial charge in [0.05, 0.1) is 10.9 Å². The molecule has 5 nitrogen and oxygen atoms in total. The summed E-state index contributed by atoms with van der Waals surface area (Å²) in [6.45, 7) is 8.76. The molecule has 2 rings (SSSR count).